The van der Waals surface area contributed by atoms with Gasteiger partial charge in [-0.05, 0) is 52.9 Å². The fraction of sp³-hybridized carbons (Fsp3) is 0.459. The summed E-state index contributed by atoms with van der Waals surface area (Å²) in [6.45, 7) is 13.4. The monoisotopic (exact) mass is 2540 g/mol. The fourth-order valence-corrected chi connectivity index (χ4v) is 14.3. The Hall–Kier alpha value is -3.72. The summed E-state index contributed by atoms with van der Waals surface area (Å²) in [7, 11) is 0. The number of alkyl halides is 6. The van der Waals surface area contributed by atoms with Gasteiger partial charge in [0, 0.05) is 121 Å². The first-order valence-electron chi connectivity index (χ1n) is 31.9. The second kappa shape index (κ2) is 49.0. The second-order valence-corrected chi connectivity index (χ2v) is 44.6. The second-order valence-electron chi connectivity index (χ2n) is 23.2. The van der Waals surface area contributed by atoms with Crippen molar-refractivity contribution in [1.29, 1.82) is 0 Å². The number of carbonyl (C=O) groups excluding carboxylic acids is 3. The number of aromatic carboxylic acids is 2. The first-order chi connectivity index (χ1) is 52.6. The first kappa shape index (κ1) is 101. The van der Waals surface area contributed by atoms with Crippen LogP contribution in [0.25, 0.3) is 21.8 Å². The molecule has 51 heteroatoms. The maximum Gasteiger partial charge on any atom is 0.314 e. The van der Waals surface area contributed by atoms with Gasteiger partial charge in [-0.2, -0.15) is 0 Å². The molecule has 112 heavy (non-hydrogen) atoms. The first-order valence-corrected chi connectivity index (χ1v) is 57.5. The number of halogens is 14. The number of benzene rings is 2. The van der Waals surface area contributed by atoms with Crippen LogP contribution >= 0.6 is 205 Å². The van der Waals surface area contributed by atoms with Crippen molar-refractivity contribution in [3.05, 3.63) is 134 Å². The number of aromatic nitrogens is 8. The molecule has 5 aromatic heterocycles. The number of hydrogen-bond acceptors (Lipinski definition) is 26. The van der Waals surface area contributed by atoms with Crippen molar-refractivity contribution in [3.8, 4) is 0 Å². The molecule has 5 unspecified atom stereocenters. The van der Waals surface area contributed by atoms with Crippen LogP contribution in [0.5, 0.6) is 0 Å². The Morgan fingerprint density at radius 1 is 0.598 bits per heavy atom. The molecule has 0 aliphatic carbocycles. The molecule has 9 heterocycles. The van der Waals surface area contributed by atoms with E-state index in [0.717, 1.165) is 37.7 Å². The number of carboxylic acid groups (broad SMARTS) is 3. The van der Waals surface area contributed by atoms with Crippen LogP contribution in [-0.2, 0) is 53.0 Å². The fourth-order valence-electron chi connectivity index (χ4n) is 11.3. The molecule has 2 aromatic carbocycles. The van der Waals surface area contributed by atoms with Gasteiger partial charge in [0.25, 0.3) is 0 Å². The van der Waals surface area contributed by atoms with Gasteiger partial charge >= 0.3 is 104 Å². The van der Waals surface area contributed by atoms with Crippen molar-refractivity contribution < 1.29 is 95.1 Å². The van der Waals surface area contributed by atoms with Crippen molar-refractivity contribution in [2.75, 3.05) is 102 Å². The van der Waals surface area contributed by atoms with Gasteiger partial charge < -0.3 is 84.1 Å². The summed E-state index contributed by atoms with van der Waals surface area (Å²) in [5.41, 5.74) is -0.104. The Labute approximate surface area is 754 Å². The number of pyridine rings is 2. The molecular formula is C61H68Br3Cl3F2I6N15O20S2-. The third-order valence-electron chi connectivity index (χ3n) is 16.3. The molecule has 4 N–H and O–H groups in total. The molecule has 5 atom stereocenters. The third-order valence-corrected chi connectivity index (χ3v) is 21.0. The summed E-state index contributed by atoms with van der Waals surface area (Å²) < 4.78 is 53.0. The molecule has 2 saturated heterocycles. The molecule has 618 valence electrons. The average Bonchev–Trinajstić information content (AvgIpc) is 0.901. The van der Waals surface area contributed by atoms with Crippen LogP contribution in [0.4, 0.5) is 37.6 Å². The summed E-state index contributed by atoms with van der Waals surface area (Å²) in [6, 6.07) is 5.56. The Morgan fingerprint density at radius 2 is 0.911 bits per heavy atom. The number of nitro groups is 3. The smallest absolute Gasteiger partial charge is 0.314 e. The maximum atomic E-state index is 15.2. The quantitative estimate of drug-likeness (QED) is 0.0109. The number of aliphatic carboxylic acids is 1. The number of anilines is 2. The van der Waals surface area contributed by atoms with Gasteiger partial charge in [0.2, 0.25) is 10.9 Å². The van der Waals surface area contributed by atoms with Crippen molar-refractivity contribution >= 4 is 291 Å². The van der Waals surface area contributed by atoms with Crippen molar-refractivity contribution in [3.63, 3.8) is 0 Å². The van der Waals surface area contributed by atoms with Gasteiger partial charge in [-0.25, -0.2) is 47.0 Å². The van der Waals surface area contributed by atoms with Crippen molar-refractivity contribution in [1.82, 2.24) is 48.0 Å². The van der Waals surface area contributed by atoms with E-state index < -0.39 is 91.4 Å². The average molecular weight is 2540 g/mol. The molecule has 35 nitrogen and oxygen atoms in total. The molecule has 0 spiro atoms. The Kier molecular flexibility index (Phi) is 44.0. The minimum atomic E-state index is -1.34. The van der Waals surface area contributed by atoms with Crippen LogP contribution < -0.4 is 39.2 Å². The number of ether oxygens (including phenoxy) is 3. The summed E-state index contributed by atoms with van der Waals surface area (Å²) in [6.07, 6.45) is 1.38. The topological polar surface area (TPSA) is 439 Å². The summed E-state index contributed by atoms with van der Waals surface area (Å²) in [5.74, 6) is -5.21. The number of carboxylic acids is 3. The number of nitrogens with zero attached hydrogens (tertiary/aromatic N) is 14. The van der Waals surface area contributed by atoms with E-state index in [0.29, 0.717) is 102 Å². The van der Waals surface area contributed by atoms with Crippen molar-refractivity contribution in [2.45, 2.75) is 93.4 Å². The van der Waals surface area contributed by atoms with Crippen LogP contribution in [-0.4, -0.2) is 219 Å². The van der Waals surface area contributed by atoms with Gasteiger partial charge in [-0.1, -0.05) is 71.3 Å². The summed E-state index contributed by atoms with van der Waals surface area (Å²) in [4.78, 5) is 141. The zero-order chi connectivity index (χ0) is 83.0. The Morgan fingerprint density at radius 3 is 1.19 bits per heavy atom. The third kappa shape index (κ3) is 26.9. The summed E-state index contributed by atoms with van der Waals surface area (Å²) in [5, 5.41) is 63.6. The van der Waals surface area contributed by atoms with Gasteiger partial charge in [0.15, 0.2) is 35.8 Å². The molecular weight excluding hydrogens is 2470 g/mol. The summed E-state index contributed by atoms with van der Waals surface area (Å²) >= 11 is 38.1. The number of rotatable bonds is 24. The molecule has 4 aliphatic heterocycles. The zero-order valence-electron chi connectivity index (χ0n) is 58.8. The zero-order valence-corrected chi connectivity index (χ0v) is 80.6. The van der Waals surface area contributed by atoms with E-state index in [-0.39, 0.29) is 134 Å². The van der Waals surface area contributed by atoms with E-state index in [2.05, 4.69) is 143 Å². The molecule has 0 saturated carbocycles. The van der Waals surface area contributed by atoms with E-state index in [4.69, 9.17) is 54.1 Å². The molecule has 0 amide bonds. The number of piperazine rings is 2. The van der Waals surface area contributed by atoms with E-state index >= 15 is 4.39 Å². The van der Waals surface area contributed by atoms with Gasteiger partial charge in [-0.3, -0.25) is 33.7 Å². The molecule has 0 bridgehead atoms. The minimum Gasteiger partial charge on any atom is -0.481 e. The standard InChI is InChI=1S/C25H26ClFN6O7S.C16H16FN3O3S.2C9H11BrClN3O4.C2H3BrO2.I3.I2.HI/c1-13-28-10-20(33(38)39)31(13)11-15(9-26)40-21(34)12-29-3-5-30(6-4-29)19-8-18-16(7-17(19)27)23(35)22(25(36)37)24-32(18)14(2)41-24;1-8-20-11-7-12(19-4-2-18-3-5-19)10(17)6-9(11)14(21)13(16(22)23)15(20)24-8;2*1-6-12-4-8(14(16)17)13(6)5-7(3-11)18-9(15)2-10;3-1-2(4)5;1-3-2;1-2;/h7-8,10,14-15H,3-6,9,11-12H2,1-2H3,(H,36,37);6-8,18H,2-5H2,1H3,(H,22,23);2*4,7H,2-3,5H2,1H3;1H2,(H,4,5);;;1H/q;;;;;-1;;. The molecule has 7 aromatic rings. The number of thioether (sulfide) groups is 2. The normalized spacial score (nSPS) is 15.2. The van der Waals surface area contributed by atoms with Crippen LogP contribution in [0.3, 0.4) is 0 Å². The number of esters is 3. The number of aryl methyl sites for hydroxylation is 3. The Balaban J connectivity index is 0.000000319. The van der Waals surface area contributed by atoms with E-state index in [1.165, 1.54) is 43.3 Å². The van der Waals surface area contributed by atoms with Gasteiger partial charge in [0.05, 0.1) is 67.4 Å². The predicted octanol–water partition coefficient (Wildman–Crippen LogP) is 9.64. The predicted molar refractivity (Wildman–Crippen MR) is 468 cm³/mol. The number of hydrogen-bond donors (Lipinski definition) is 4. The van der Waals surface area contributed by atoms with Crippen LogP contribution in [0.15, 0.2) is 62.5 Å². The largest absolute Gasteiger partial charge is 0.481 e. The number of fused-ring (bicyclic) bond motifs is 6. The molecule has 4 aliphatic rings. The van der Waals surface area contributed by atoms with E-state index in [1.807, 2.05) is 33.1 Å². The van der Waals surface area contributed by atoms with Gasteiger partial charge in [0.1, 0.15) is 77.0 Å². The molecule has 0 radical (unpaired) electrons. The SMILES string of the molecule is CC1Sc2c(C(=O)O)c(=O)c3cc(F)c(N4CCNCC4)cc3n21.Cc1ncc([N+](=O)[O-])n1CC(CCl)OC(=O)CBr.Cc1ncc([N+](=O)[O-])n1CC(CCl)OC(=O)CBr.Cc1ncc([N+](=O)[O-])n1CC(CCl)OC(=O)CN1CCN(c2cc3c(cc2F)c(=O)c(C(=O)O)c2n3C(C)S2)CC1.I.II.I[I-]I.O=C(O)CBr. The van der Waals surface area contributed by atoms with Crippen LogP contribution in [0.2, 0.25) is 0 Å². The van der Waals surface area contributed by atoms with E-state index in [1.54, 1.807) is 37.5 Å². The number of carbonyl (C=O) groups is 6. The van der Waals surface area contributed by atoms with Crippen molar-refractivity contribution in [2.24, 2.45) is 0 Å². The Bertz CT molecular complexity index is 4590. The maximum absolute atomic E-state index is 15.2. The van der Waals surface area contributed by atoms with Gasteiger partial charge in [-0.15, -0.1) is 58.8 Å². The van der Waals surface area contributed by atoms with E-state index in [9.17, 15) is 83.3 Å². The molecule has 11 rings (SSSR count). The number of nitrogens with one attached hydrogen (secondary N) is 1. The molecule has 2 fully saturated rings. The van der Waals surface area contributed by atoms with Crippen LogP contribution in [0.1, 0.15) is 62.8 Å². The van der Waals surface area contributed by atoms with Crippen LogP contribution in [0, 0.1) is 62.7 Å². The minimum absolute atomic E-state index is 0. The number of imidazole rings is 3.